The van der Waals surface area contributed by atoms with Crippen molar-refractivity contribution in [2.45, 2.75) is 123 Å². The fourth-order valence-corrected chi connectivity index (χ4v) is 4.10. The highest BCUT2D eigenvalue weighted by molar-refractivity contribution is 5.84. The third kappa shape index (κ3) is 9.63. The second kappa shape index (κ2) is 15.7. The predicted octanol–water partition coefficient (Wildman–Crippen LogP) is 6.05. The number of carbonyl (C=O) groups is 1. The Kier molecular flexibility index (Phi) is 15.3. The van der Waals surface area contributed by atoms with Gasteiger partial charge in [0.25, 0.3) is 0 Å². The van der Waals surface area contributed by atoms with E-state index in [1.54, 1.807) is 0 Å². The van der Waals surface area contributed by atoms with Gasteiger partial charge >= 0.3 is 0 Å². The van der Waals surface area contributed by atoms with Crippen molar-refractivity contribution in [3.05, 3.63) is 0 Å². The Morgan fingerprint density at radius 1 is 0.720 bits per heavy atom. The number of hydrogen-bond acceptors (Lipinski definition) is 2. The Hall–Kier alpha value is -0.570. The summed E-state index contributed by atoms with van der Waals surface area (Å²) in [5, 5.41) is 0. The van der Waals surface area contributed by atoms with Crippen LogP contribution < -0.4 is 5.73 Å². The van der Waals surface area contributed by atoms with E-state index in [1.807, 2.05) is 0 Å². The van der Waals surface area contributed by atoms with Gasteiger partial charge < -0.3 is 5.73 Å². The molecule has 3 nitrogen and oxygen atoms in total. The van der Waals surface area contributed by atoms with Crippen molar-refractivity contribution in [2.24, 2.45) is 5.73 Å². The molecule has 0 aromatic carbocycles. The number of nitrogens with zero attached hydrogens (tertiary/aromatic N) is 1. The largest absolute Gasteiger partial charge is 0.368 e. The minimum absolute atomic E-state index is 0.137. The van der Waals surface area contributed by atoms with Gasteiger partial charge in [-0.25, -0.2) is 0 Å². The summed E-state index contributed by atoms with van der Waals surface area (Å²) in [6, 6.07) is 0. The number of carbonyl (C=O) groups excluding carboxylic acids is 1. The number of amides is 1. The van der Waals surface area contributed by atoms with Crippen molar-refractivity contribution in [2.75, 3.05) is 13.1 Å². The van der Waals surface area contributed by atoms with Crippen LogP contribution in [0.2, 0.25) is 0 Å². The lowest BCUT2D eigenvalue weighted by Crippen LogP contribution is -2.57. The number of unbranched alkanes of at least 4 members (excludes halogenated alkanes) is 11. The molecule has 0 bridgehead atoms. The van der Waals surface area contributed by atoms with Gasteiger partial charge in [-0.05, 0) is 25.9 Å². The number of likely N-dealkylation sites (N-methyl/N-ethyl adjacent to an activating group) is 1. The van der Waals surface area contributed by atoms with Gasteiger partial charge in [0.2, 0.25) is 5.91 Å². The van der Waals surface area contributed by atoms with E-state index in [9.17, 15) is 4.79 Å². The second-order valence-electron chi connectivity index (χ2n) is 7.56. The summed E-state index contributed by atoms with van der Waals surface area (Å²) in [5.41, 5.74) is 5.36. The fourth-order valence-electron chi connectivity index (χ4n) is 4.10. The molecule has 0 rings (SSSR count). The van der Waals surface area contributed by atoms with Crippen molar-refractivity contribution >= 4 is 5.91 Å². The Morgan fingerprint density at radius 3 is 1.44 bits per heavy atom. The van der Waals surface area contributed by atoms with Crippen molar-refractivity contribution in [1.29, 1.82) is 0 Å². The third-order valence-electron chi connectivity index (χ3n) is 5.86. The summed E-state index contributed by atoms with van der Waals surface area (Å²) in [5.74, 6) is -0.137. The smallest absolute Gasteiger partial charge is 0.237 e. The van der Waals surface area contributed by atoms with Crippen LogP contribution >= 0.6 is 0 Å². The molecular weight excluding hydrogens is 308 g/mol. The van der Waals surface area contributed by atoms with Crippen LogP contribution in [0.1, 0.15) is 118 Å². The van der Waals surface area contributed by atoms with Crippen LogP contribution in [0.15, 0.2) is 0 Å². The zero-order valence-electron chi connectivity index (χ0n) is 17.7. The van der Waals surface area contributed by atoms with E-state index < -0.39 is 5.54 Å². The Balaban J connectivity index is 3.84. The summed E-state index contributed by atoms with van der Waals surface area (Å²) in [6.45, 7) is 10.4. The summed E-state index contributed by atoms with van der Waals surface area (Å²) < 4.78 is 0. The van der Waals surface area contributed by atoms with Gasteiger partial charge in [-0.1, -0.05) is 105 Å². The molecule has 0 saturated carbocycles. The first-order valence-corrected chi connectivity index (χ1v) is 11.1. The Morgan fingerprint density at radius 2 is 1.12 bits per heavy atom. The summed E-state index contributed by atoms with van der Waals surface area (Å²) >= 11 is 0. The van der Waals surface area contributed by atoms with E-state index >= 15 is 0 Å². The zero-order chi connectivity index (χ0) is 19.0. The SMILES string of the molecule is CCCCCCCCCCCCCCC(CC)(C(N)=O)N(CC)CC. The highest BCUT2D eigenvalue weighted by Crippen LogP contribution is 2.27. The number of rotatable bonds is 18. The molecule has 1 amide bonds. The molecule has 0 aromatic rings. The predicted molar refractivity (Wildman–Crippen MR) is 111 cm³/mol. The van der Waals surface area contributed by atoms with Crippen molar-refractivity contribution in [3.63, 3.8) is 0 Å². The molecule has 1 unspecified atom stereocenters. The summed E-state index contributed by atoms with van der Waals surface area (Å²) in [7, 11) is 0. The Labute approximate surface area is 158 Å². The molecular formula is C22H46N2O. The minimum Gasteiger partial charge on any atom is -0.368 e. The molecule has 0 spiro atoms. The topological polar surface area (TPSA) is 46.3 Å². The maximum Gasteiger partial charge on any atom is 0.237 e. The van der Waals surface area contributed by atoms with E-state index in [2.05, 4.69) is 32.6 Å². The summed E-state index contributed by atoms with van der Waals surface area (Å²) in [4.78, 5) is 14.4. The van der Waals surface area contributed by atoms with Gasteiger partial charge in [0, 0.05) is 0 Å². The molecule has 3 heteroatoms. The first-order valence-electron chi connectivity index (χ1n) is 11.1. The molecule has 150 valence electrons. The van der Waals surface area contributed by atoms with Crippen LogP contribution in [0.3, 0.4) is 0 Å². The van der Waals surface area contributed by atoms with Crippen LogP contribution in [-0.2, 0) is 4.79 Å². The average molecular weight is 355 g/mol. The monoisotopic (exact) mass is 354 g/mol. The molecule has 0 fully saturated rings. The highest BCUT2D eigenvalue weighted by Gasteiger charge is 2.38. The van der Waals surface area contributed by atoms with Crippen LogP contribution in [0.4, 0.5) is 0 Å². The molecule has 2 N–H and O–H groups in total. The first kappa shape index (κ1) is 24.4. The lowest BCUT2D eigenvalue weighted by molar-refractivity contribution is -0.131. The number of nitrogens with two attached hydrogens (primary N) is 1. The maximum absolute atomic E-state index is 12.1. The average Bonchev–Trinajstić information content (AvgIpc) is 2.61. The van der Waals surface area contributed by atoms with Gasteiger partial charge in [-0.3, -0.25) is 9.69 Å². The minimum atomic E-state index is -0.429. The number of primary amides is 1. The molecule has 0 aliphatic carbocycles. The van der Waals surface area contributed by atoms with Crippen molar-refractivity contribution < 1.29 is 4.79 Å². The first-order chi connectivity index (χ1) is 12.1. The lowest BCUT2D eigenvalue weighted by Gasteiger charge is -2.40. The third-order valence-corrected chi connectivity index (χ3v) is 5.86. The van der Waals surface area contributed by atoms with Gasteiger partial charge in [-0.15, -0.1) is 0 Å². The maximum atomic E-state index is 12.1. The van der Waals surface area contributed by atoms with Crippen molar-refractivity contribution in [1.82, 2.24) is 4.90 Å². The van der Waals surface area contributed by atoms with Gasteiger partial charge in [0.05, 0.1) is 5.54 Å². The molecule has 0 saturated heterocycles. The molecule has 0 radical (unpaired) electrons. The molecule has 0 aliphatic rings. The van der Waals surface area contributed by atoms with E-state index in [-0.39, 0.29) is 5.91 Å². The molecule has 0 aliphatic heterocycles. The standard InChI is InChI=1S/C22H46N2O/c1-5-9-10-11-12-13-14-15-16-17-18-19-20-22(6-2,21(23)25)24(7-3)8-4/h5-20H2,1-4H3,(H2,23,25). The van der Waals surface area contributed by atoms with Crippen LogP contribution in [0.25, 0.3) is 0 Å². The van der Waals surface area contributed by atoms with Crippen LogP contribution in [0.5, 0.6) is 0 Å². The van der Waals surface area contributed by atoms with E-state index in [0.717, 1.165) is 32.4 Å². The quantitative estimate of drug-likeness (QED) is 0.304. The van der Waals surface area contributed by atoms with Crippen LogP contribution in [-0.4, -0.2) is 29.4 Å². The molecule has 0 heterocycles. The van der Waals surface area contributed by atoms with Gasteiger partial charge in [0.1, 0.15) is 0 Å². The molecule has 0 aromatic heterocycles. The molecule has 1 atom stereocenters. The summed E-state index contributed by atoms with van der Waals surface area (Å²) in [6.07, 6.45) is 17.9. The molecule has 25 heavy (non-hydrogen) atoms. The number of hydrogen-bond donors (Lipinski definition) is 1. The van der Waals surface area contributed by atoms with Crippen LogP contribution in [0, 0.1) is 0 Å². The fraction of sp³-hybridized carbons (Fsp3) is 0.955. The van der Waals surface area contributed by atoms with E-state index in [4.69, 9.17) is 5.73 Å². The van der Waals surface area contributed by atoms with Crippen molar-refractivity contribution in [3.8, 4) is 0 Å². The second-order valence-corrected chi connectivity index (χ2v) is 7.56. The zero-order valence-corrected chi connectivity index (χ0v) is 17.7. The lowest BCUT2D eigenvalue weighted by atomic mass is 9.86. The van der Waals surface area contributed by atoms with Gasteiger partial charge in [0.15, 0.2) is 0 Å². The van der Waals surface area contributed by atoms with E-state index in [1.165, 1.54) is 70.6 Å². The highest BCUT2D eigenvalue weighted by atomic mass is 16.1. The van der Waals surface area contributed by atoms with Gasteiger partial charge in [-0.2, -0.15) is 0 Å². The normalized spacial score (nSPS) is 14.0. The Bertz CT molecular complexity index is 315. The van der Waals surface area contributed by atoms with E-state index in [0.29, 0.717) is 0 Å².